The van der Waals surface area contributed by atoms with Gasteiger partial charge in [-0.05, 0) is 36.8 Å². The van der Waals surface area contributed by atoms with Crippen molar-refractivity contribution in [1.82, 2.24) is 0 Å². The fraction of sp³-hybridized carbons (Fsp3) is 0.333. The van der Waals surface area contributed by atoms with Crippen LogP contribution in [0.25, 0.3) is 0 Å². The van der Waals surface area contributed by atoms with Crippen LogP contribution in [0.4, 0.5) is 5.69 Å². The summed E-state index contributed by atoms with van der Waals surface area (Å²) in [5, 5.41) is 10.3. The topological polar surface area (TPSA) is 101 Å². The number of sulfonamides is 1. The molecule has 2 aromatic carbocycles. The second kappa shape index (κ2) is 7.14. The average Bonchev–Trinajstić information content (AvgIpc) is 2.88. The number of nitrogens with zero attached hydrogens (tertiary/aromatic N) is 1. The van der Waals surface area contributed by atoms with Crippen molar-refractivity contribution in [1.29, 1.82) is 0 Å². The van der Waals surface area contributed by atoms with Crippen molar-refractivity contribution >= 4 is 25.5 Å². The lowest BCUT2D eigenvalue weighted by molar-refractivity contribution is 0.184. The first-order chi connectivity index (χ1) is 12.7. The summed E-state index contributed by atoms with van der Waals surface area (Å²) < 4.78 is 57.4. The van der Waals surface area contributed by atoms with Crippen LogP contribution in [0.5, 0.6) is 5.75 Å². The molecule has 7 nitrogen and oxygen atoms in total. The third kappa shape index (κ3) is 3.80. The number of hydrogen-bond acceptors (Lipinski definition) is 6. The molecule has 3 rings (SSSR count). The number of rotatable bonds is 5. The van der Waals surface area contributed by atoms with Gasteiger partial charge in [0, 0.05) is 0 Å². The molecule has 0 aromatic heterocycles. The fourth-order valence-electron chi connectivity index (χ4n) is 3.21. The largest absolute Gasteiger partial charge is 0.495 e. The molecule has 1 saturated heterocycles. The number of aliphatic hydroxyl groups excluding tert-OH is 1. The molecule has 0 saturated carbocycles. The maximum Gasteiger partial charge on any atom is 0.268 e. The number of aliphatic hydroxyl groups is 1. The van der Waals surface area contributed by atoms with Gasteiger partial charge in [-0.3, -0.25) is 4.31 Å². The van der Waals surface area contributed by atoms with E-state index in [0.29, 0.717) is 5.56 Å². The zero-order valence-electron chi connectivity index (χ0n) is 14.9. The van der Waals surface area contributed by atoms with E-state index in [1.807, 2.05) is 0 Å². The van der Waals surface area contributed by atoms with Crippen molar-refractivity contribution in [3.05, 3.63) is 54.1 Å². The molecule has 1 aliphatic heterocycles. The summed E-state index contributed by atoms with van der Waals surface area (Å²) in [5.74, 6) is -0.769. The fourth-order valence-corrected chi connectivity index (χ4v) is 7.00. The average molecular weight is 412 g/mol. The highest BCUT2D eigenvalue weighted by Gasteiger charge is 2.45. The molecule has 1 heterocycles. The summed E-state index contributed by atoms with van der Waals surface area (Å²) in [6.07, 6.45) is -1.32. The maximum absolute atomic E-state index is 13.5. The Labute approximate surface area is 159 Å². The highest BCUT2D eigenvalue weighted by atomic mass is 32.2. The van der Waals surface area contributed by atoms with E-state index in [1.165, 1.54) is 13.2 Å². The zero-order valence-corrected chi connectivity index (χ0v) is 16.6. The summed E-state index contributed by atoms with van der Waals surface area (Å²) in [4.78, 5) is -0.0784. The van der Waals surface area contributed by atoms with Crippen LogP contribution < -0.4 is 9.04 Å². The van der Waals surface area contributed by atoms with Crippen molar-refractivity contribution in [3.63, 3.8) is 0 Å². The minimum absolute atomic E-state index is 0.0784. The van der Waals surface area contributed by atoms with E-state index in [0.717, 1.165) is 4.31 Å². The smallest absolute Gasteiger partial charge is 0.268 e. The number of aryl methyl sites for hydroxylation is 1. The number of benzene rings is 2. The molecule has 0 unspecified atom stereocenters. The van der Waals surface area contributed by atoms with Gasteiger partial charge in [0.1, 0.15) is 10.6 Å². The number of hydrogen-bond donors (Lipinski definition) is 1. The second-order valence-corrected chi connectivity index (χ2v) is 10.4. The summed E-state index contributed by atoms with van der Waals surface area (Å²) >= 11 is 0. The normalized spacial score (nSPS) is 21.7. The predicted octanol–water partition coefficient (Wildman–Crippen LogP) is 1.36. The highest BCUT2D eigenvalue weighted by Crippen LogP contribution is 2.34. The first kappa shape index (κ1) is 19.7. The third-order valence-electron chi connectivity index (χ3n) is 4.46. The van der Waals surface area contributed by atoms with Crippen LogP contribution in [0, 0.1) is 6.92 Å². The van der Waals surface area contributed by atoms with E-state index in [4.69, 9.17) is 4.74 Å². The first-order valence-corrected chi connectivity index (χ1v) is 11.5. The molecule has 0 aliphatic carbocycles. The van der Waals surface area contributed by atoms with E-state index in [2.05, 4.69) is 0 Å². The van der Waals surface area contributed by atoms with Gasteiger partial charge >= 0.3 is 0 Å². The molecule has 1 N–H and O–H groups in total. The van der Waals surface area contributed by atoms with Gasteiger partial charge in [0.2, 0.25) is 0 Å². The quantitative estimate of drug-likeness (QED) is 0.797. The van der Waals surface area contributed by atoms with Crippen molar-refractivity contribution in [2.24, 2.45) is 0 Å². The lowest BCUT2D eigenvalue weighted by Crippen LogP contribution is -2.47. The number of ether oxygens (including phenoxy) is 1. The Morgan fingerprint density at radius 3 is 2.33 bits per heavy atom. The molecule has 27 heavy (non-hydrogen) atoms. The van der Waals surface area contributed by atoms with Crippen LogP contribution >= 0.6 is 0 Å². The maximum atomic E-state index is 13.5. The Balaban J connectivity index is 2.21. The van der Waals surface area contributed by atoms with Crippen LogP contribution in [0.2, 0.25) is 0 Å². The number of sulfone groups is 1. The van der Waals surface area contributed by atoms with E-state index in [9.17, 15) is 21.9 Å². The van der Waals surface area contributed by atoms with Crippen LogP contribution in [-0.2, 0) is 19.9 Å². The summed E-state index contributed by atoms with van der Waals surface area (Å²) in [7, 11) is -6.39. The lowest BCUT2D eigenvalue weighted by atomic mass is 10.2. The van der Waals surface area contributed by atoms with Crippen molar-refractivity contribution in [2.45, 2.75) is 24.0 Å². The van der Waals surface area contributed by atoms with Crippen LogP contribution in [0.3, 0.4) is 0 Å². The monoisotopic (exact) mass is 411 g/mol. The Morgan fingerprint density at radius 2 is 1.78 bits per heavy atom. The van der Waals surface area contributed by atoms with Gasteiger partial charge in [-0.15, -0.1) is 0 Å². The molecule has 146 valence electrons. The van der Waals surface area contributed by atoms with E-state index >= 15 is 0 Å². The van der Waals surface area contributed by atoms with Crippen molar-refractivity contribution in [2.75, 3.05) is 22.9 Å². The lowest BCUT2D eigenvalue weighted by Gasteiger charge is -2.32. The van der Waals surface area contributed by atoms with Gasteiger partial charge < -0.3 is 9.84 Å². The second-order valence-electron chi connectivity index (χ2n) is 6.50. The van der Waals surface area contributed by atoms with Gasteiger partial charge in [0.25, 0.3) is 10.0 Å². The van der Waals surface area contributed by atoms with Gasteiger partial charge in [-0.2, -0.15) is 0 Å². The molecule has 1 aliphatic rings. The Hall–Kier alpha value is -2.10. The van der Waals surface area contributed by atoms with E-state index in [-0.39, 0.29) is 16.3 Å². The van der Waals surface area contributed by atoms with Gasteiger partial charge in [-0.1, -0.05) is 24.3 Å². The van der Waals surface area contributed by atoms with Crippen LogP contribution in [0.15, 0.2) is 53.4 Å². The molecule has 0 radical (unpaired) electrons. The molecule has 2 atom stereocenters. The van der Waals surface area contributed by atoms with Gasteiger partial charge in [-0.25, -0.2) is 16.8 Å². The number of methoxy groups -OCH3 is 1. The Bertz CT molecular complexity index is 1030. The summed E-state index contributed by atoms with van der Waals surface area (Å²) in [6.45, 7) is 1.75. The number of para-hydroxylation sites is 1. The minimum atomic E-state index is -4.20. The Kier molecular flexibility index (Phi) is 5.20. The minimum Gasteiger partial charge on any atom is -0.495 e. The van der Waals surface area contributed by atoms with Crippen molar-refractivity contribution < 1.29 is 26.7 Å². The molecule has 2 aromatic rings. The third-order valence-corrected chi connectivity index (χ3v) is 8.03. The first-order valence-electron chi connectivity index (χ1n) is 8.28. The molecular weight excluding hydrogens is 390 g/mol. The predicted molar refractivity (Wildman–Crippen MR) is 102 cm³/mol. The van der Waals surface area contributed by atoms with E-state index in [1.54, 1.807) is 49.4 Å². The molecule has 0 amide bonds. The van der Waals surface area contributed by atoms with Crippen molar-refractivity contribution in [3.8, 4) is 5.75 Å². The van der Waals surface area contributed by atoms with E-state index < -0.39 is 43.5 Å². The summed E-state index contributed by atoms with van der Waals surface area (Å²) in [6, 6.07) is 11.8. The molecule has 9 heteroatoms. The molecular formula is C18H21NO6S2. The SMILES string of the molecule is COc1ccc(C)cc1S(=O)(=O)N(c1ccccc1)[C@@H]1CS(=O)(=O)C[C@H]1O. The molecule has 0 bridgehead atoms. The van der Waals surface area contributed by atoms with Gasteiger partial charge in [0.15, 0.2) is 9.84 Å². The molecule has 1 fully saturated rings. The van der Waals surface area contributed by atoms with Crippen LogP contribution in [-0.4, -0.2) is 52.7 Å². The highest BCUT2D eigenvalue weighted by molar-refractivity contribution is 7.93. The van der Waals surface area contributed by atoms with Crippen LogP contribution in [0.1, 0.15) is 5.56 Å². The molecule has 0 spiro atoms. The summed E-state index contributed by atoms with van der Waals surface area (Å²) in [5.41, 5.74) is 0.990. The van der Waals surface area contributed by atoms with Gasteiger partial charge in [0.05, 0.1) is 36.4 Å². The zero-order chi connectivity index (χ0) is 19.8. The standard InChI is InChI=1S/C18H21NO6S2/c1-13-8-9-17(25-2)18(10-13)27(23,24)19(14-6-4-3-5-7-14)15-11-26(21,22)12-16(15)20/h3-10,15-16,20H,11-12H2,1-2H3/t15-,16-/m1/s1. The number of anilines is 1. The Morgan fingerprint density at radius 1 is 1.11 bits per heavy atom.